The van der Waals surface area contributed by atoms with Gasteiger partial charge in [0.1, 0.15) is 11.4 Å². The van der Waals surface area contributed by atoms with E-state index in [2.05, 4.69) is 10.6 Å². The number of carbonyl (C=O) groups excluding carboxylic acids is 3. The number of ether oxygens (including phenoxy) is 1. The third-order valence-electron chi connectivity index (χ3n) is 5.10. The molecule has 0 aliphatic carbocycles. The molecule has 2 aliphatic rings. The zero-order valence-corrected chi connectivity index (χ0v) is 20.4. The van der Waals surface area contributed by atoms with Crippen LogP contribution < -0.4 is 10.6 Å². The molecule has 1 aromatic carbocycles. The molecule has 0 radical (unpaired) electrons. The van der Waals surface area contributed by atoms with E-state index in [4.69, 9.17) is 10.1 Å². The van der Waals surface area contributed by atoms with Crippen molar-refractivity contribution in [3.05, 3.63) is 35.4 Å². The predicted octanol–water partition coefficient (Wildman–Crippen LogP) is 4.05. The molecule has 4 amide bonds. The molecule has 0 saturated carbocycles. The summed E-state index contributed by atoms with van der Waals surface area (Å²) in [5.74, 6) is -0.294. The molecule has 3 N–H and O–H groups in total. The summed E-state index contributed by atoms with van der Waals surface area (Å²) in [6.45, 7) is 10.8. The fraction of sp³-hybridized carbons (Fsp3) is 0.500. The van der Waals surface area contributed by atoms with Crippen LogP contribution in [0.15, 0.2) is 24.3 Å². The summed E-state index contributed by atoms with van der Waals surface area (Å²) in [5.41, 5.74) is 2.85. The van der Waals surface area contributed by atoms with E-state index in [9.17, 15) is 14.4 Å². The maximum Gasteiger partial charge on any atom is 0.410 e. The van der Waals surface area contributed by atoms with Gasteiger partial charge >= 0.3 is 12.1 Å². The number of nitrogens with one attached hydrogen (secondary N) is 3. The van der Waals surface area contributed by atoms with Gasteiger partial charge in [-0.2, -0.15) is 0 Å². The van der Waals surface area contributed by atoms with Crippen LogP contribution in [-0.2, 0) is 9.53 Å². The van der Waals surface area contributed by atoms with E-state index in [-0.39, 0.29) is 30.8 Å². The third kappa shape index (κ3) is 6.57. The topological polar surface area (TPSA) is 115 Å². The Labute approximate surface area is 195 Å². The second kappa shape index (κ2) is 11.0. The molecule has 1 fully saturated rings. The van der Waals surface area contributed by atoms with E-state index >= 15 is 0 Å². The van der Waals surface area contributed by atoms with Crippen molar-refractivity contribution in [3.63, 3.8) is 0 Å². The van der Waals surface area contributed by atoms with Crippen LogP contribution in [0, 0.1) is 5.41 Å². The number of imide groups is 1. The van der Waals surface area contributed by atoms with Gasteiger partial charge in [0.15, 0.2) is 0 Å². The van der Waals surface area contributed by atoms with Crippen LogP contribution in [0.3, 0.4) is 0 Å². The number of benzene rings is 1. The van der Waals surface area contributed by atoms with Gasteiger partial charge in [-0.25, -0.2) is 9.59 Å². The van der Waals surface area contributed by atoms with Gasteiger partial charge in [-0.05, 0) is 50.5 Å². The predicted molar refractivity (Wildman–Crippen MR) is 129 cm³/mol. The highest BCUT2D eigenvalue weighted by atomic mass is 16.6. The fourth-order valence-corrected chi connectivity index (χ4v) is 3.50. The Kier molecular flexibility index (Phi) is 8.62. The summed E-state index contributed by atoms with van der Waals surface area (Å²) in [4.78, 5) is 38.7. The molecular weight excluding hydrogens is 422 g/mol. The molecule has 0 bridgehead atoms. The second-order valence-electron chi connectivity index (χ2n) is 8.52. The first-order valence-corrected chi connectivity index (χ1v) is 11.3. The summed E-state index contributed by atoms with van der Waals surface area (Å²) in [6.07, 6.45) is 2.55. The van der Waals surface area contributed by atoms with Gasteiger partial charge in [0.05, 0.1) is 0 Å². The molecule has 0 unspecified atom stereocenters. The van der Waals surface area contributed by atoms with Crippen LogP contribution in [-0.4, -0.2) is 65.9 Å². The van der Waals surface area contributed by atoms with Crippen molar-refractivity contribution in [2.45, 2.75) is 53.1 Å². The molecule has 9 heteroatoms. The first kappa shape index (κ1) is 25.9. The first-order chi connectivity index (χ1) is 15.6. The largest absolute Gasteiger partial charge is 0.444 e. The van der Waals surface area contributed by atoms with E-state index in [1.165, 1.54) is 4.90 Å². The number of hydrogen-bond donors (Lipinski definition) is 3. The maximum absolute atomic E-state index is 12.3. The Morgan fingerprint density at radius 3 is 2.39 bits per heavy atom. The van der Waals surface area contributed by atoms with Crippen LogP contribution in [0.25, 0.3) is 5.57 Å². The van der Waals surface area contributed by atoms with Gasteiger partial charge in [0.2, 0.25) is 5.91 Å². The Morgan fingerprint density at radius 2 is 1.85 bits per heavy atom. The molecule has 3 rings (SSSR count). The Balaban J connectivity index is 0.00000187. The van der Waals surface area contributed by atoms with E-state index < -0.39 is 11.6 Å². The minimum atomic E-state index is -0.579. The SMILES string of the molecule is CC.CNc1cc(C2=CCN(C(=O)OC(C)(C)C)CC2)ccc1C(=N)N1CCC(=O)NC1=O. The van der Waals surface area contributed by atoms with Crippen LogP contribution in [0.5, 0.6) is 0 Å². The molecule has 33 heavy (non-hydrogen) atoms. The number of carbonyl (C=O) groups is 3. The molecule has 2 heterocycles. The van der Waals surface area contributed by atoms with E-state index in [1.54, 1.807) is 18.0 Å². The molecular formula is C24H35N5O4. The number of rotatable bonds is 3. The highest BCUT2D eigenvalue weighted by Crippen LogP contribution is 2.28. The fourth-order valence-electron chi connectivity index (χ4n) is 3.50. The first-order valence-electron chi connectivity index (χ1n) is 11.3. The highest BCUT2D eigenvalue weighted by molar-refractivity contribution is 6.12. The zero-order chi connectivity index (χ0) is 24.8. The number of amides is 4. The lowest BCUT2D eigenvalue weighted by Crippen LogP contribution is -2.52. The Bertz CT molecular complexity index is 949. The monoisotopic (exact) mass is 457 g/mol. The van der Waals surface area contributed by atoms with Crippen molar-refractivity contribution < 1.29 is 19.1 Å². The molecule has 2 aliphatic heterocycles. The van der Waals surface area contributed by atoms with Gasteiger partial charge < -0.3 is 15.0 Å². The maximum atomic E-state index is 12.3. The minimum Gasteiger partial charge on any atom is -0.444 e. The quantitative estimate of drug-likeness (QED) is 0.468. The van der Waals surface area contributed by atoms with Gasteiger partial charge in [-0.15, -0.1) is 0 Å². The van der Waals surface area contributed by atoms with E-state index in [0.717, 1.165) is 11.1 Å². The summed E-state index contributed by atoms with van der Waals surface area (Å²) >= 11 is 0. The van der Waals surface area contributed by atoms with Crippen molar-refractivity contribution >= 4 is 35.1 Å². The summed E-state index contributed by atoms with van der Waals surface area (Å²) in [6, 6.07) is 5.07. The van der Waals surface area contributed by atoms with Crippen molar-refractivity contribution in [1.82, 2.24) is 15.1 Å². The van der Waals surface area contributed by atoms with Crippen LogP contribution in [0.2, 0.25) is 0 Å². The lowest BCUT2D eigenvalue weighted by atomic mass is 9.97. The zero-order valence-electron chi connectivity index (χ0n) is 20.4. The van der Waals surface area contributed by atoms with Crippen molar-refractivity contribution in [2.75, 3.05) is 32.0 Å². The van der Waals surface area contributed by atoms with Crippen molar-refractivity contribution in [2.24, 2.45) is 0 Å². The number of urea groups is 1. The number of nitrogens with zero attached hydrogens (tertiary/aromatic N) is 2. The Hall–Kier alpha value is -3.36. The lowest BCUT2D eigenvalue weighted by Gasteiger charge is -2.30. The lowest BCUT2D eigenvalue weighted by molar-refractivity contribution is -0.121. The van der Waals surface area contributed by atoms with Gasteiger partial charge in [0, 0.05) is 44.4 Å². The van der Waals surface area contributed by atoms with E-state index in [0.29, 0.717) is 30.8 Å². The van der Waals surface area contributed by atoms with Crippen molar-refractivity contribution in [3.8, 4) is 0 Å². The molecule has 180 valence electrons. The normalized spacial score (nSPS) is 16.2. The molecule has 0 spiro atoms. The van der Waals surface area contributed by atoms with Crippen LogP contribution in [0.4, 0.5) is 15.3 Å². The average molecular weight is 458 g/mol. The molecule has 0 atom stereocenters. The number of amidine groups is 1. The standard InChI is InChI=1S/C22H29N5O4.C2H6/c1-22(2,3)31-21(30)26-10-7-14(8-11-26)15-5-6-16(17(13-15)24-4)19(23)27-12-9-18(28)25-20(27)29;1-2/h5-7,13,23-24H,8-12H2,1-4H3,(H,25,28,29);1-2H3. The summed E-state index contributed by atoms with van der Waals surface area (Å²) in [5, 5.41) is 13.8. The molecule has 1 aromatic rings. The third-order valence-corrected chi connectivity index (χ3v) is 5.10. The molecule has 1 saturated heterocycles. The highest BCUT2D eigenvalue weighted by Gasteiger charge is 2.28. The van der Waals surface area contributed by atoms with Crippen LogP contribution in [0.1, 0.15) is 58.6 Å². The van der Waals surface area contributed by atoms with Crippen molar-refractivity contribution in [1.29, 1.82) is 5.41 Å². The number of hydrogen-bond acceptors (Lipinski definition) is 6. The summed E-state index contributed by atoms with van der Waals surface area (Å²) < 4.78 is 5.44. The Morgan fingerprint density at radius 1 is 1.15 bits per heavy atom. The molecule has 9 nitrogen and oxygen atoms in total. The van der Waals surface area contributed by atoms with Gasteiger partial charge in [-0.3, -0.25) is 20.4 Å². The van der Waals surface area contributed by atoms with Gasteiger partial charge in [-0.1, -0.05) is 26.0 Å². The van der Waals surface area contributed by atoms with Gasteiger partial charge in [0.25, 0.3) is 0 Å². The molecule has 0 aromatic heterocycles. The smallest absolute Gasteiger partial charge is 0.410 e. The summed E-state index contributed by atoms with van der Waals surface area (Å²) in [7, 11) is 1.76. The second-order valence-corrected chi connectivity index (χ2v) is 8.52. The minimum absolute atomic E-state index is 0.0367. The average Bonchev–Trinajstić information content (AvgIpc) is 2.78. The van der Waals surface area contributed by atoms with Crippen LogP contribution >= 0.6 is 0 Å². The number of anilines is 1. The van der Waals surface area contributed by atoms with E-state index in [1.807, 2.05) is 52.8 Å².